The number of aromatic nitrogens is 1. The summed E-state index contributed by atoms with van der Waals surface area (Å²) in [5, 5.41) is 12.7. The molecule has 3 aromatic rings. The predicted molar refractivity (Wildman–Crippen MR) is 106 cm³/mol. The van der Waals surface area contributed by atoms with Crippen LogP contribution < -0.4 is 15.5 Å². The molecule has 1 saturated carbocycles. The van der Waals surface area contributed by atoms with Gasteiger partial charge in [-0.15, -0.1) is 0 Å². The van der Waals surface area contributed by atoms with Gasteiger partial charge in [-0.1, -0.05) is 12.1 Å². The van der Waals surface area contributed by atoms with Crippen molar-refractivity contribution in [3.05, 3.63) is 63.2 Å². The summed E-state index contributed by atoms with van der Waals surface area (Å²) >= 11 is 0. The average Bonchev–Trinajstić information content (AvgIpc) is 3.44. The first-order valence-electron chi connectivity index (χ1n) is 9.51. The highest BCUT2D eigenvalue weighted by molar-refractivity contribution is 5.98. The number of carboxylic acids is 1. The van der Waals surface area contributed by atoms with Gasteiger partial charge in [0.25, 0.3) is 0 Å². The van der Waals surface area contributed by atoms with Gasteiger partial charge in [-0.3, -0.25) is 4.79 Å². The number of carbonyl (C=O) groups is 1. The van der Waals surface area contributed by atoms with E-state index in [0.717, 1.165) is 37.6 Å². The number of hydrogen-bond donors (Lipinski definition) is 2. The summed E-state index contributed by atoms with van der Waals surface area (Å²) in [6.07, 6.45) is 3.11. The summed E-state index contributed by atoms with van der Waals surface area (Å²) in [5.41, 5.74) is 2.61. The van der Waals surface area contributed by atoms with Gasteiger partial charge in [0.2, 0.25) is 5.43 Å². The van der Waals surface area contributed by atoms with Gasteiger partial charge < -0.3 is 19.7 Å². The average molecular weight is 394 g/mol. The number of fused-ring (bicyclic) bond motifs is 2. The smallest absolute Gasteiger partial charge is 0.341 e. The quantitative estimate of drug-likeness (QED) is 0.709. The van der Waals surface area contributed by atoms with E-state index in [2.05, 4.69) is 5.32 Å². The maximum Gasteiger partial charge on any atom is 0.341 e. The summed E-state index contributed by atoms with van der Waals surface area (Å²) in [6.45, 7) is 1.50. The largest absolute Gasteiger partial charge is 0.494 e. The molecule has 5 rings (SSSR count). The van der Waals surface area contributed by atoms with Gasteiger partial charge in [0.05, 0.1) is 23.6 Å². The zero-order chi connectivity index (χ0) is 20.3. The Labute approximate surface area is 165 Å². The van der Waals surface area contributed by atoms with Crippen molar-refractivity contribution in [1.29, 1.82) is 0 Å². The Morgan fingerprint density at radius 2 is 2.00 bits per heavy atom. The molecule has 1 fully saturated rings. The zero-order valence-corrected chi connectivity index (χ0v) is 15.8. The normalized spacial score (nSPS) is 15.5. The van der Waals surface area contributed by atoms with Crippen LogP contribution in [-0.2, 0) is 13.1 Å². The second-order valence-electron chi connectivity index (χ2n) is 7.57. The summed E-state index contributed by atoms with van der Waals surface area (Å²) in [7, 11) is 1.44. The second kappa shape index (κ2) is 6.42. The van der Waals surface area contributed by atoms with Gasteiger partial charge in [-0.2, -0.15) is 0 Å². The third-order valence-electron chi connectivity index (χ3n) is 5.72. The third-order valence-corrected chi connectivity index (χ3v) is 5.72. The lowest BCUT2D eigenvalue weighted by atomic mass is 9.97. The molecule has 1 aliphatic carbocycles. The van der Waals surface area contributed by atoms with Crippen LogP contribution in [0, 0.1) is 5.82 Å². The SMILES string of the molecule is COc1c(-c2ccc3c(c2)CNC3)c(F)cc2c(=O)c(C(=O)O)cn(C3CC3)c12. The van der Waals surface area contributed by atoms with E-state index in [1.54, 1.807) is 4.57 Å². The van der Waals surface area contributed by atoms with Crippen LogP contribution in [0.1, 0.15) is 40.4 Å². The molecule has 29 heavy (non-hydrogen) atoms. The van der Waals surface area contributed by atoms with Crippen LogP contribution >= 0.6 is 0 Å². The molecule has 1 aliphatic heterocycles. The van der Waals surface area contributed by atoms with Crippen molar-refractivity contribution in [2.24, 2.45) is 0 Å². The number of aromatic carboxylic acids is 1. The maximum atomic E-state index is 15.3. The number of methoxy groups -OCH3 is 1. The minimum atomic E-state index is -1.32. The Balaban J connectivity index is 1.86. The highest BCUT2D eigenvalue weighted by Gasteiger charge is 2.30. The van der Waals surface area contributed by atoms with Crippen molar-refractivity contribution in [3.8, 4) is 16.9 Å². The molecule has 2 aliphatic rings. The fraction of sp³-hybridized carbons (Fsp3) is 0.273. The minimum absolute atomic E-state index is 0.0257. The molecule has 6 nitrogen and oxygen atoms in total. The number of pyridine rings is 1. The minimum Gasteiger partial charge on any atom is -0.494 e. The van der Waals surface area contributed by atoms with Gasteiger partial charge in [-0.25, -0.2) is 9.18 Å². The van der Waals surface area contributed by atoms with Crippen LogP contribution in [0.15, 0.2) is 35.3 Å². The Hall–Kier alpha value is -3.19. The van der Waals surface area contributed by atoms with Crippen LogP contribution in [-0.4, -0.2) is 22.8 Å². The van der Waals surface area contributed by atoms with Gasteiger partial charge in [0.1, 0.15) is 11.4 Å². The van der Waals surface area contributed by atoms with Crippen molar-refractivity contribution in [2.45, 2.75) is 32.0 Å². The molecule has 148 valence electrons. The lowest BCUT2D eigenvalue weighted by Crippen LogP contribution is -2.19. The molecule has 0 radical (unpaired) electrons. The predicted octanol–water partition coefficient (Wildman–Crippen LogP) is 3.45. The zero-order valence-electron chi connectivity index (χ0n) is 15.8. The number of halogens is 1. The number of hydrogen-bond acceptors (Lipinski definition) is 4. The monoisotopic (exact) mass is 394 g/mol. The third kappa shape index (κ3) is 2.73. The molecule has 2 heterocycles. The molecule has 0 unspecified atom stereocenters. The Bertz CT molecular complexity index is 1240. The van der Waals surface area contributed by atoms with E-state index in [1.165, 1.54) is 18.9 Å². The van der Waals surface area contributed by atoms with E-state index >= 15 is 4.39 Å². The van der Waals surface area contributed by atoms with Crippen molar-refractivity contribution in [1.82, 2.24) is 9.88 Å². The Morgan fingerprint density at radius 3 is 2.69 bits per heavy atom. The van der Waals surface area contributed by atoms with Crippen molar-refractivity contribution >= 4 is 16.9 Å². The first-order chi connectivity index (χ1) is 14.0. The molecule has 0 atom stereocenters. The standard InChI is InChI=1S/C22H19FN2O4/c1-29-21-18(11-2-3-12-8-24-9-13(12)6-11)17(23)7-15-19(21)25(14-4-5-14)10-16(20(15)26)22(27)28/h2-3,6-7,10,14,24H,4-5,8-9H2,1H3,(H,27,28). The molecule has 2 N–H and O–H groups in total. The van der Waals surface area contributed by atoms with Crippen LogP contribution in [0.5, 0.6) is 5.75 Å². The van der Waals surface area contributed by atoms with Crippen LogP contribution in [0.3, 0.4) is 0 Å². The van der Waals surface area contributed by atoms with Crippen LogP contribution in [0.2, 0.25) is 0 Å². The highest BCUT2D eigenvalue weighted by Crippen LogP contribution is 2.44. The fourth-order valence-corrected chi connectivity index (χ4v) is 4.16. The van der Waals surface area contributed by atoms with Gasteiger partial charge >= 0.3 is 5.97 Å². The first-order valence-corrected chi connectivity index (χ1v) is 9.51. The first kappa shape index (κ1) is 17.9. The van der Waals surface area contributed by atoms with Crippen molar-refractivity contribution in [3.63, 3.8) is 0 Å². The van der Waals surface area contributed by atoms with E-state index < -0.39 is 17.2 Å². The number of benzene rings is 2. The molecule has 0 spiro atoms. The van der Waals surface area contributed by atoms with Crippen LogP contribution in [0.4, 0.5) is 4.39 Å². The molecule has 0 bridgehead atoms. The van der Waals surface area contributed by atoms with Gasteiger partial charge in [-0.05, 0) is 41.7 Å². The van der Waals surface area contributed by atoms with Gasteiger partial charge in [0.15, 0.2) is 5.75 Å². The number of rotatable bonds is 4. The van der Waals surface area contributed by atoms with Crippen molar-refractivity contribution in [2.75, 3.05) is 7.11 Å². The molecule has 7 heteroatoms. The van der Waals surface area contributed by atoms with Crippen molar-refractivity contribution < 1.29 is 19.0 Å². The van der Waals surface area contributed by atoms with E-state index in [-0.39, 0.29) is 28.3 Å². The summed E-state index contributed by atoms with van der Waals surface area (Å²) in [4.78, 5) is 24.3. The lowest BCUT2D eigenvalue weighted by molar-refractivity contribution is 0.0695. The van der Waals surface area contributed by atoms with E-state index in [0.29, 0.717) is 11.1 Å². The molecular weight excluding hydrogens is 375 g/mol. The number of ether oxygens (including phenoxy) is 1. The van der Waals surface area contributed by atoms with E-state index in [4.69, 9.17) is 4.74 Å². The summed E-state index contributed by atoms with van der Waals surface area (Å²) in [6, 6.07) is 6.98. The maximum absolute atomic E-state index is 15.3. The van der Waals surface area contributed by atoms with E-state index in [1.807, 2.05) is 18.2 Å². The molecule has 2 aromatic carbocycles. The molecule has 1 aromatic heterocycles. The molecule has 0 amide bonds. The van der Waals surface area contributed by atoms with Crippen LogP contribution in [0.25, 0.3) is 22.0 Å². The van der Waals surface area contributed by atoms with Gasteiger partial charge in [0, 0.05) is 25.3 Å². The number of nitrogens with zero attached hydrogens (tertiary/aromatic N) is 1. The molecule has 0 saturated heterocycles. The summed E-state index contributed by atoms with van der Waals surface area (Å²) < 4.78 is 22.7. The topological polar surface area (TPSA) is 80.6 Å². The lowest BCUT2D eigenvalue weighted by Gasteiger charge is -2.18. The van der Waals surface area contributed by atoms with E-state index in [9.17, 15) is 14.7 Å². The second-order valence-corrected chi connectivity index (χ2v) is 7.57. The highest BCUT2D eigenvalue weighted by atomic mass is 19.1. The number of carboxylic acid groups (broad SMARTS) is 1. The Morgan fingerprint density at radius 1 is 1.24 bits per heavy atom. The number of nitrogens with one attached hydrogen (secondary N) is 1. The molecular formula is C22H19FN2O4. The summed E-state index contributed by atoms with van der Waals surface area (Å²) in [5.74, 6) is -1.67. The fourth-order valence-electron chi connectivity index (χ4n) is 4.16. The Kier molecular flexibility index (Phi) is 3.96.